The fraction of sp³-hybridized carbons (Fsp3) is 0.222. The van der Waals surface area contributed by atoms with Crippen LogP contribution in [0.3, 0.4) is 0 Å². The fourth-order valence-corrected chi connectivity index (χ4v) is 2.07. The molecule has 2 rings (SSSR count). The number of esters is 1. The van der Waals surface area contributed by atoms with Gasteiger partial charge in [-0.3, -0.25) is 4.79 Å². The lowest BCUT2D eigenvalue weighted by molar-refractivity contribution is -0.124. The highest BCUT2D eigenvalue weighted by Gasteiger charge is 2.09. The van der Waals surface area contributed by atoms with E-state index < -0.39 is 5.97 Å². The Labute approximate surface area is 140 Å². The molecule has 120 valence electrons. The van der Waals surface area contributed by atoms with Gasteiger partial charge in [0.2, 0.25) is 0 Å². The molecule has 0 aromatic heterocycles. The second-order valence-corrected chi connectivity index (χ2v) is 5.47. The molecule has 0 aliphatic heterocycles. The van der Waals surface area contributed by atoms with Crippen molar-refractivity contribution < 1.29 is 14.3 Å². The van der Waals surface area contributed by atoms with Gasteiger partial charge in [0.1, 0.15) is 0 Å². The zero-order chi connectivity index (χ0) is 16.7. The largest absolute Gasteiger partial charge is 0.452 e. The van der Waals surface area contributed by atoms with E-state index in [1.54, 1.807) is 24.3 Å². The first-order valence-corrected chi connectivity index (χ1v) is 7.73. The molecule has 0 bridgehead atoms. The van der Waals surface area contributed by atoms with Gasteiger partial charge >= 0.3 is 5.97 Å². The van der Waals surface area contributed by atoms with Crippen LogP contribution in [0.15, 0.2) is 48.5 Å². The zero-order valence-corrected chi connectivity index (χ0v) is 13.6. The van der Waals surface area contributed by atoms with Crippen molar-refractivity contribution in [1.29, 1.82) is 0 Å². The summed E-state index contributed by atoms with van der Waals surface area (Å²) in [6, 6.07) is 14.3. The molecule has 0 unspecified atom stereocenters. The van der Waals surface area contributed by atoms with Crippen LogP contribution in [0.2, 0.25) is 5.02 Å². The predicted molar refractivity (Wildman–Crippen MR) is 89.4 cm³/mol. The molecule has 23 heavy (non-hydrogen) atoms. The summed E-state index contributed by atoms with van der Waals surface area (Å²) in [5.41, 5.74) is 2.61. The summed E-state index contributed by atoms with van der Waals surface area (Å²) in [6.45, 7) is 2.18. The Balaban J connectivity index is 1.76. The third kappa shape index (κ3) is 5.42. The zero-order valence-electron chi connectivity index (χ0n) is 12.8. The minimum absolute atomic E-state index is 0.311. The van der Waals surface area contributed by atoms with Crippen molar-refractivity contribution in [3.63, 3.8) is 0 Å². The minimum Gasteiger partial charge on any atom is -0.452 e. The van der Waals surface area contributed by atoms with Gasteiger partial charge in [-0.25, -0.2) is 4.79 Å². The van der Waals surface area contributed by atoms with Crippen LogP contribution in [0.25, 0.3) is 0 Å². The third-order valence-corrected chi connectivity index (χ3v) is 3.59. The summed E-state index contributed by atoms with van der Waals surface area (Å²) in [5.74, 6) is -0.893. The van der Waals surface area contributed by atoms with Gasteiger partial charge < -0.3 is 10.1 Å². The van der Waals surface area contributed by atoms with E-state index in [-0.39, 0.29) is 12.5 Å². The smallest absolute Gasteiger partial charge is 0.338 e. The van der Waals surface area contributed by atoms with E-state index in [0.29, 0.717) is 17.1 Å². The number of hydrogen-bond acceptors (Lipinski definition) is 3. The van der Waals surface area contributed by atoms with Gasteiger partial charge in [-0.2, -0.15) is 0 Å². The predicted octanol–water partition coefficient (Wildman–Crippen LogP) is 3.38. The molecule has 0 atom stereocenters. The molecule has 0 aliphatic carbocycles. The Morgan fingerprint density at radius 1 is 1.00 bits per heavy atom. The van der Waals surface area contributed by atoms with Crippen molar-refractivity contribution in [3.8, 4) is 0 Å². The van der Waals surface area contributed by atoms with Gasteiger partial charge in [0.15, 0.2) is 6.61 Å². The number of benzene rings is 2. The Bertz CT molecular complexity index is 666. The van der Waals surface area contributed by atoms with Crippen molar-refractivity contribution >= 4 is 23.5 Å². The Kier molecular flexibility index (Phi) is 6.18. The second-order valence-electron chi connectivity index (χ2n) is 5.03. The Morgan fingerprint density at radius 2 is 1.61 bits per heavy atom. The molecular formula is C18H18ClNO3. The molecule has 0 radical (unpaired) electrons. The second kappa shape index (κ2) is 8.34. The molecule has 4 nitrogen and oxygen atoms in total. The molecule has 5 heteroatoms. The summed E-state index contributed by atoms with van der Waals surface area (Å²) in [7, 11) is 0. The van der Waals surface area contributed by atoms with Crippen molar-refractivity contribution in [2.75, 3.05) is 6.61 Å². The lowest BCUT2D eigenvalue weighted by atomic mass is 10.1. The highest BCUT2D eigenvalue weighted by atomic mass is 35.5. The van der Waals surface area contributed by atoms with Crippen LogP contribution >= 0.6 is 11.6 Å². The average molecular weight is 332 g/mol. The number of ether oxygens (including phenoxy) is 1. The number of nitrogens with one attached hydrogen (secondary N) is 1. The summed E-state index contributed by atoms with van der Waals surface area (Å²) in [6.07, 6.45) is 0.979. The van der Waals surface area contributed by atoms with Gasteiger partial charge in [0.05, 0.1) is 5.56 Å². The number of rotatable bonds is 6. The van der Waals surface area contributed by atoms with Crippen LogP contribution in [0.4, 0.5) is 0 Å². The monoisotopic (exact) mass is 331 g/mol. The van der Waals surface area contributed by atoms with Gasteiger partial charge in [-0.15, -0.1) is 0 Å². The molecule has 2 aromatic rings. The number of carbonyl (C=O) groups excluding carboxylic acids is 2. The number of halogens is 1. The van der Waals surface area contributed by atoms with Crippen molar-refractivity contribution in [2.24, 2.45) is 0 Å². The van der Waals surface area contributed by atoms with Crippen LogP contribution in [-0.4, -0.2) is 18.5 Å². The lowest BCUT2D eigenvalue weighted by Gasteiger charge is -2.07. The molecule has 2 aromatic carbocycles. The van der Waals surface area contributed by atoms with Gasteiger partial charge in [-0.1, -0.05) is 42.8 Å². The molecule has 0 aliphatic rings. The van der Waals surface area contributed by atoms with E-state index >= 15 is 0 Å². The van der Waals surface area contributed by atoms with Crippen LogP contribution in [0.1, 0.15) is 28.4 Å². The van der Waals surface area contributed by atoms with Gasteiger partial charge in [0.25, 0.3) is 5.91 Å². The third-order valence-electron chi connectivity index (χ3n) is 3.34. The van der Waals surface area contributed by atoms with Crippen LogP contribution in [0, 0.1) is 0 Å². The fourth-order valence-electron chi connectivity index (χ4n) is 1.94. The maximum absolute atomic E-state index is 11.8. The highest BCUT2D eigenvalue weighted by molar-refractivity contribution is 6.30. The molecule has 1 amide bonds. The molecule has 0 saturated heterocycles. The highest BCUT2D eigenvalue weighted by Crippen LogP contribution is 2.10. The molecular weight excluding hydrogens is 314 g/mol. The van der Waals surface area contributed by atoms with Crippen LogP contribution < -0.4 is 5.32 Å². The van der Waals surface area contributed by atoms with Crippen molar-refractivity contribution in [2.45, 2.75) is 19.9 Å². The topological polar surface area (TPSA) is 55.4 Å². The molecule has 0 spiro atoms. The Hall–Kier alpha value is -2.33. The SMILES string of the molecule is CCc1ccc(CNC(=O)COC(=O)c2ccc(Cl)cc2)cc1. The average Bonchev–Trinajstić information content (AvgIpc) is 2.59. The van der Waals surface area contributed by atoms with Crippen LogP contribution in [-0.2, 0) is 22.5 Å². The van der Waals surface area contributed by atoms with Gasteiger partial charge in [0, 0.05) is 11.6 Å². The quantitative estimate of drug-likeness (QED) is 0.826. The molecule has 0 fully saturated rings. The first-order valence-electron chi connectivity index (χ1n) is 7.35. The lowest BCUT2D eigenvalue weighted by Crippen LogP contribution is -2.28. The standard InChI is InChI=1S/C18H18ClNO3/c1-2-13-3-5-14(6-4-13)11-20-17(21)12-23-18(22)15-7-9-16(19)10-8-15/h3-10H,2,11-12H2,1H3,(H,20,21). The number of carbonyl (C=O) groups is 2. The van der Waals surface area contributed by atoms with Crippen molar-refractivity contribution in [3.05, 3.63) is 70.2 Å². The first-order chi connectivity index (χ1) is 11.1. The summed E-state index contributed by atoms with van der Waals surface area (Å²) >= 11 is 5.75. The van der Waals surface area contributed by atoms with Crippen molar-refractivity contribution in [1.82, 2.24) is 5.32 Å². The van der Waals surface area contributed by atoms with E-state index in [0.717, 1.165) is 12.0 Å². The minimum atomic E-state index is -0.552. The molecule has 0 saturated carbocycles. The molecule has 1 N–H and O–H groups in total. The van der Waals surface area contributed by atoms with E-state index in [4.69, 9.17) is 16.3 Å². The van der Waals surface area contributed by atoms with E-state index in [9.17, 15) is 9.59 Å². The number of amides is 1. The summed E-state index contributed by atoms with van der Waals surface area (Å²) in [4.78, 5) is 23.5. The molecule has 0 heterocycles. The normalized spacial score (nSPS) is 10.2. The number of hydrogen-bond donors (Lipinski definition) is 1. The van der Waals surface area contributed by atoms with Gasteiger partial charge in [-0.05, 0) is 41.8 Å². The van der Waals surface area contributed by atoms with Crippen LogP contribution in [0.5, 0.6) is 0 Å². The Morgan fingerprint density at radius 3 is 2.22 bits per heavy atom. The summed E-state index contributed by atoms with van der Waals surface area (Å²) < 4.78 is 4.96. The van der Waals surface area contributed by atoms with E-state index in [2.05, 4.69) is 12.2 Å². The van der Waals surface area contributed by atoms with E-state index in [1.165, 1.54) is 5.56 Å². The maximum Gasteiger partial charge on any atom is 0.338 e. The maximum atomic E-state index is 11.8. The van der Waals surface area contributed by atoms with E-state index in [1.807, 2.05) is 24.3 Å². The first kappa shape index (κ1) is 17.0. The summed E-state index contributed by atoms with van der Waals surface area (Å²) in [5, 5.41) is 3.25. The number of aryl methyl sites for hydroxylation is 1.